The van der Waals surface area contributed by atoms with Crippen LogP contribution in [-0.4, -0.2) is 5.78 Å². The summed E-state index contributed by atoms with van der Waals surface area (Å²) in [5, 5.41) is 6.98. The molecule has 0 amide bonds. The first-order chi connectivity index (χ1) is 18.8. The van der Waals surface area contributed by atoms with Gasteiger partial charge in [0.25, 0.3) is 0 Å². The number of hydrogen-bond acceptors (Lipinski definition) is 3. The summed E-state index contributed by atoms with van der Waals surface area (Å²) in [6, 6.07) is 44.0. The molecule has 0 saturated heterocycles. The SMILES string of the molecule is O=C(c1ccc(N2c3ccccc3Sc3ccccc32)cc1)c1ccc2ccc3cccc4ccc1c2c34. The zero-order chi connectivity index (χ0) is 25.2. The van der Waals surface area contributed by atoms with E-state index in [2.05, 4.69) is 114 Å². The number of anilines is 3. The van der Waals surface area contributed by atoms with Gasteiger partial charge in [0.2, 0.25) is 0 Å². The Morgan fingerprint density at radius 3 is 1.79 bits per heavy atom. The number of ketones is 1. The van der Waals surface area contributed by atoms with Crippen molar-refractivity contribution in [2.24, 2.45) is 0 Å². The summed E-state index contributed by atoms with van der Waals surface area (Å²) in [5.41, 5.74) is 4.78. The average molecular weight is 504 g/mol. The Kier molecular flexibility index (Phi) is 4.64. The molecule has 0 aliphatic carbocycles. The van der Waals surface area contributed by atoms with Crippen LogP contribution in [0.3, 0.4) is 0 Å². The Labute approximate surface area is 224 Å². The van der Waals surface area contributed by atoms with Crippen LogP contribution in [0, 0.1) is 0 Å². The maximum Gasteiger partial charge on any atom is 0.193 e. The summed E-state index contributed by atoms with van der Waals surface area (Å²) in [6.45, 7) is 0. The number of carbonyl (C=O) groups excluding carboxylic acids is 1. The van der Waals surface area contributed by atoms with Crippen LogP contribution >= 0.6 is 11.8 Å². The van der Waals surface area contributed by atoms with Crippen molar-refractivity contribution in [1.82, 2.24) is 0 Å². The topological polar surface area (TPSA) is 20.3 Å². The molecule has 0 N–H and O–H groups in total. The molecule has 178 valence electrons. The van der Waals surface area contributed by atoms with Gasteiger partial charge in [-0.25, -0.2) is 0 Å². The highest BCUT2D eigenvalue weighted by Crippen LogP contribution is 2.51. The van der Waals surface area contributed by atoms with Crippen molar-refractivity contribution in [2.45, 2.75) is 9.79 Å². The lowest BCUT2D eigenvalue weighted by molar-refractivity contribution is 0.104. The molecule has 0 radical (unpaired) electrons. The summed E-state index contributed by atoms with van der Waals surface area (Å²) in [6.07, 6.45) is 0. The fourth-order valence-corrected chi connectivity index (χ4v) is 6.89. The molecular formula is C35H21NOS. The summed E-state index contributed by atoms with van der Waals surface area (Å²) < 4.78 is 0. The van der Waals surface area contributed by atoms with Gasteiger partial charge >= 0.3 is 0 Å². The third kappa shape index (κ3) is 3.12. The lowest BCUT2D eigenvalue weighted by Gasteiger charge is -2.32. The highest BCUT2D eigenvalue weighted by atomic mass is 32.2. The van der Waals surface area contributed by atoms with Crippen LogP contribution in [0.25, 0.3) is 32.3 Å². The van der Waals surface area contributed by atoms with Gasteiger partial charge in [-0.1, -0.05) is 84.6 Å². The minimum Gasteiger partial charge on any atom is -0.308 e. The average Bonchev–Trinajstić information content (AvgIpc) is 2.98. The van der Waals surface area contributed by atoms with Gasteiger partial charge in [0.05, 0.1) is 11.4 Å². The van der Waals surface area contributed by atoms with Gasteiger partial charge in [-0.2, -0.15) is 0 Å². The second-order valence-electron chi connectivity index (χ2n) is 9.72. The standard InChI is InChI=1S/C35H21NOS/c37-35(28-21-17-24-13-12-22-6-5-7-23-16-20-27(28)34(24)33(22)23)25-14-18-26(19-15-25)36-29-8-1-3-10-31(29)38-32-11-4-2-9-30(32)36/h1-21H. The van der Waals surface area contributed by atoms with Crippen LogP contribution < -0.4 is 4.90 Å². The summed E-state index contributed by atoms with van der Waals surface area (Å²) in [4.78, 5) is 18.6. The Morgan fingerprint density at radius 2 is 1.11 bits per heavy atom. The van der Waals surface area contributed by atoms with Gasteiger partial charge in [-0.3, -0.25) is 4.79 Å². The zero-order valence-electron chi connectivity index (χ0n) is 20.4. The second kappa shape index (κ2) is 8.20. The molecule has 2 nitrogen and oxygen atoms in total. The summed E-state index contributed by atoms with van der Waals surface area (Å²) >= 11 is 1.79. The van der Waals surface area contributed by atoms with Crippen molar-refractivity contribution in [3.05, 3.63) is 139 Å². The first-order valence-electron chi connectivity index (χ1n) is 12.7. The molecule has 0 fully saturated rings. The molecular weight excluding hydrogens is 482 g/mol. The van der Waals surface area contributed by atoms with E-state index in [1.807, 2.05) is 18.2 Å². The third-order valence-electron chi connectivity index (χ3n) is 7.59. The number of para-hydroxylation sites is 2. The smallest absolute Gasteiger partial charge is 0.193 e. The number of fused-ring (bicyclic) bond motifs is 2. The first kappa shape index (κ1) is 21.5. The van der Waals surface area contributed by atoms with Gasteiger partial charge in [0, 0.05) is 26.6 Å². The van der Waals surface area contributed by atoms with Gasteiger partial charge < -0.3 is 4.90 Å². The molecule has 1 aliphatic heterocycles. The fourth-order valence-electron chi connectivity index (χ4n) is 5.83. The molecule has 1 aliphatic rings. The number of rotatable bonds is 3. The molecule has 8 rings (SSSR count). The van der Waals surface area contributed by atoms with E-state index in [1.54, 1.807) is 11.8 Å². The Morgan fingerprint density at radius 1 is 0.526 bits per heavy atom. The molecule has 0 spiro atoms. The molecule has 0 saturated carbocycles. The van der Waals surface area contributed by atoms with E-state index in [0.29, 0.717) is 5.56 Å². The second-order valence-corrected chi connectivity index (χ2v) is 10.8. The normalized spacial score (nSPS) is 12.7. The van der Waals surface area contributed by atoms with Crippen LogP contribution in [0.5, 0.6) is 0 Å². The van der Waals surface area contributed by atoms with Gasteiger partial charge in [0.1, 0.15) is 0 Å². The molecule has 0 bridgehead atoms. The fraction of sp³-hybridized carbons (Fsp3) is 0. The maximum absolute atomic E-state index is 13.9. The van der Waals surface area contributed by atoms with Crippen LogP contribution in [0.4, 0.5) is 17.1 Å². The van der Waals surface area contributed by atoms with E-state index in [1.165, 1.54) is 31.3 Å². The largest absolute Gasteiger partial charge is 0.308 e. The first-order valence-corrected chi connectivity index (χ1v) is 13.6. The van der Waals surface area contributed by atoms with Crippen molar-refractivity contribution < 1.29 is 4.79 Å². The minimum atomic E-state index is 0.0458. The summed E-state index contributed by atoms with van der Waals surface area (Å²) in [7, 11) is 0. The van der Waals surface area contributed by atoms with Crippen molar-refractivity contribution in [2.75, 3.05) is 4.90 Å². The van der Waals surface area contributed by atoms with E-state index >= 15 is 0 Å². The van der Waals surface area contributed by atoms with Crippen molar-refractivity contribution in [1.29, 1.82) is 0 Å². The van der Waals surface area contributed by atoms with Crippen LogP contribution in [0.2, 0.25) is 0 Å². The van der Waals surface area contributed by atoms with Crippen molar-refractivity contribution in [3.63, 3.8) is 0 Å². The molecule has 38 heavy (non-hydrogen) atoms. The molecule has 7 aromatic carbocycles. The molecule has 0 atom stereocenters. The van der Waals surface area contributed by atoms with E-state index in [0.717, 1.165) is 33.4 Å². The monoisotopic (exact) mass is 503 g/mol. The van der Waals surface area contributed by atoms with Gasteiger partial charge in [-0.15, -0.1) is 0 Å². The Bertz CT molecular complexity index is 1960. The predicted octanol–water partition coefficient (Wildman–Crippen LogP) is 9.75. The lowest BCUT2D eigenvalue weighted by Crippen LogP contribution is -2.14. The van der Waals surface area contributed by atoms with Crippen LogP contribution in [0.1, 0.15) is 15.9 Å². The minimum absolute atomic E-state index is 0.0458. The highest BCUT2D eigenvalue weighted by Gasteiger charge is 2.24. The van der Waals surface area contributed by atoms with E-state index in [9.17, 15) is 4.79 Å². The number of benzene rings is 7. The van der Waals surface area contributed by atoms with E-state index in [4.69, 9.17) is 0 Å². The highest BCUT2D eigenvalue weighted by molar-refractivity contribution is 7.99. The lowest BCUT2D eigenvalue weighted by atomic mass is 9.89. The molecule has 1 heterocycles. The van der Waals surface area contributed by atoms with E-state index < -0.39 is 0 Å². The van der Waals surface area contributed by atoms with Crippen molar-refractivity contribution in [3.8, 4) is 0 Å². The van der Waals surface area contributed by atoms with Crippen molar-refractivity contribution >= 4 is 66.9 Å². The molecule has 7 aromatic rings. The van der Waals surface area contributed by atoms with Crippen LogP contribution in [0.15, 0.2) is 137 Å². The predicted molar refractivity (Wildman–Crippen MR) is 159 cm³/mol. The number of hydrogen-bond donors (Lipinski definition) is 0. The zero-order valence-corrected chi connectivity index (χ0v) is 21.2. The van der Waals surface area contributed by atoms with Crippen LogP contribution in [-0.2, 0) is 0 Å². The third-order valence-corrected chi connectivity index (χ3v) is 8.72. The summed E-state index contributed by atoms with van der Waals surface area (Å²) in [5.74, 6) is 0.0458. The van der Waals surface area contributed by atoms with E-state index in [-0.39, 0.29) is 5.78 Å². The number of nitrogens with zero attached hydrogens (tertiary/aromatic N) is 1. The van der Waals surface area contributed by atoms with Gasteiger partial charge in [0.15, 0.2) is 5.78 Å². The van der Waals surface area contributed by atoms with Gasteiger partial charge in [-0.05, 0) is 86.9 Å². The quantitative estimate of drug-likeness (QED) is 0.177. The molecule has 3 heteroatoms. The molecule has 0 aromatic heterocycles. The Hall–Kier alpha value is -4.60. The maximum atomic E-state index is 13.9. The Balaban J connectivity index is 1.23. The molecule has 0 unspecified atom stereocenters. The number of carbonyl (C=O) groups is 1.